The lowest BCUT2D eigenvalue weighted by Crippen LogP contribution is -2.49. The van der Waals surface area contributed by atoms with Gasteiger partial charge in [-0.05, 0) is 67.1 Å². The molecule has 0 amide bonds. The van der Waals surface area contributed by atoms with Crippen LogP contribution in [-0.2, 0) is 16.6 Å². The summed E-state index contributed by atoms with van der Waals surface area (Å²) in [5, 5.41) is 19.0. The monoisotopic (exact) mass is 537 g/mol. The van der Waals surface area contributed by atoms with Gasteiger partial charge in [-0.3, -0.25) is 4.90 Å². The number of nitrogens with zero attached hydrogens (tertiary/aromatic N) is 3. The summed E-state index contributed by atoms with van der Waals surface area (Å²) in [6, 6.07) is 19.9. The quantitative estimate of drug-likeness (QED) is 0.484. The SMILES string of the molecule is C[C@@H]1CN([C@H](C)CO)S(=O)(=O)c2ccc(-c3ccc(C#N)cc3)cc2O[C@@H]1CN(C)Cc1cccc(F)c1. The molecule has 3 atom stereocenters. The van der Waals surface area contributed by atoms with Crippen LogP contribution in [0.15, 0.2) is 71.6 Å². The van der Waals surface area contributed by atoms with Gasteiger partial charge in [0.1, 0.15) is 22.6 Å². The summed E-state index contributed by atoms with van der Waals surface area (Å²) in [5.74, 6) is -0.271. The van der Waals surface area contributed by atoms with Gasteiger partial charge in [0.25, 0.3) is 0 Å². The zero-order valence-corrected chi connectivity index (χ0v) is 22.5. The summed E-state index contributed by atoms with van der Waals surface area (Å²) in [6.07, 6.45) is -0.382. The number of nitriles is 1. The molecule has 1 aliphatic heterocycles. The second kappa shape index (κ2) is 11.6. The fourth-order valence-electron chi connectivity index (χ4n) is 4.68. The van der Waals surface area contributed by atoms with Crippen molar-refractivity contribution in [2.24, 2.45) is 5.92 Å². The van der Waals surface area contributed by atoms with E-state index in [-0.39, 0.29) is 41.6 Å². The Bertz CT molecular complexity index is 1420. The van der Waals surface area contributed by atoms with E-state index in [2.05, 4.69) is 6.07 Å². The Kier molecular flexibility index (Phi) is 8.48. The maximum Gasteiger partial charge on any atom is 0.247 e. The zero-order chi connectivity index (χ0) is 27.4. The molecule has 9 heteroatoms. The summed E-state index contributed by atoms with van der Waals surface area (Å²) in [6.45, 7) is 4.46. The van der Waals surface area contributed by atoms with E-state index in [1.807, 2.05) is 37.1 Å². The fourth-order valence-corrected chi connectivity index (χ4v) is 6.50. The number of hydrogen-bond donors (Lipinski definition) is 1. The first-order valence-corrected chi connectivity index (χ1v) is 13.9. The summed E-state index contributed by atoms with van der Waals surface area (Å²) in [4.78, 5) is 2.07. The van der Waals surface area contributed by atoms with Crippen molar-refractivity contribution in [3.05, 3.63) is 83.7 Å². The molecule has 1 heterocycles. The first-order chi connectivity index (χ1) is 18.1. The molecule has 0 spiro atoms. The smallest absolute Gasteiger partial charge is 0.247 e. The van der Waals surface area contributed by atoms with Crippen molar-refractivity contribution in [2.75, 3.05) is 26.7 Å². The highest BCUT2D eigenvalue weighted by atomic mass is 32.2. The Morgan fingerprint density at radius 1 is 1.16 bits per heavy atom. The molecule has 3 aromatic carbocycles. The van der Waals surface area contributed by atoms with Crippen molar-refractivity contribution in [3.8, 4) is 22.9 Å². The number of benzene rings is 3. The van der Waals surface area contributed by atoms with E-state index in [9.17, 15) is 17.9 Å². The topological polar surface area (TPSA) is 93.9 Å². The molecule has 0 radical (unpaired) electrons. The van der Waals surface area contributed by atoms with E-state index >= 15 is 0 Å². The van der Waals surface area contributed by atoms with Gasteiger partial charge in [-0.1, -0.05) is 37.3 Å². The molecule has 0 saturated carbocycles. The number of aliphatic hydroxyl groups excluding tert-OH is 1. The molecule has 0 aromatic heterocycles. The van der Waals surface area contributed by atoms with E-state index in [1.54, 1.807) is 43.3 Å². The molecular weight excluding hydrogens is 505 g/mol. The molecule has 38 heavy (non-hydrogen) atoms. The maximum atomic E-state index is 13.7. The van der Waals surface area contributed by atoms with Crippen molar-refractivity contribution in [1.29, 1.82) is 5.26 Å². The average Bonchev–Trinajstić information content (AvgIpc) is 2.90. The van der Waals surface area contributed by atoms with Crippen LogP contribution in [0.4, 0.5) is 4.39 Å². The Morgan fingerprint density at radius 2 is 1.87 bits per heavy atom. The zero-order valence-electron chi connectivity index (χ0n) is 21.7. The van der Waals surface area contributed by atoms with Gasteiger partial charge in [0.05, 0.1) is 18.2 Å². The van der Waals surface area contributed by atoms with Crippen molar-refractivity contribution < 1.29 is 22.7 Å². The minimum atomic E-state index is -3.95. The maximum absolute atomic E-state index is 13.7. The Morgan fingerprint density at radius 3 is 2.53 bits per heavy atom. The number of aliphatic hydroxyl groups is 1. The van der Waals surface area contributed by atoms with Crippen LogP contribution in [0.5, 0.6) is 5.75 Å². The number of likely N-dealkylation sites (N-methyl/N-ethyl adjacent to an activating group) is 1. The molecule has 0 fully saturated rings. The van der Waals surface area contributed by atoms with Crippen molar-refractivity contribution in [1.82, 2.24) is 9.21 Å². The first-order valence-electron chi connectivity index (χ1n) is 12.5. The molecule has 0 saturated heterocycles. The molecule has 0 unspecified atom stereocenters. The van der Waals surface area contributed by atoms with Gasteiger partial charge in [0, 0.05) is 31.6 Å². The predicted octanol–water partition coefficient (Wildman–Crippen LogP) is 4.26. The second-order valence-electron chi connectivity index (χ2n) is 9.92. The highest BCUT2D eigenvalue weighted by Gasteiger charge is 2.38. The van der Waals surface area contributed by atoms with E-state index < -0.39 is 16.1 Å². The van der Waals surface area contributed by atoms with Crippen molar-refractivity contribution in [2.45, 2.75) is 37.4 Å². The van der Waals surface area contributed by atoms with Crippen LogP contribution < -0.4 is 4.74 Å². The standard InChI is InChI=1S/C29H32FN3O4S/c1-20-16-33(21(2)19-34)38(35,36)29-12-11-25(24-9-7-22(15-31)8-10-24)14-27(29)37-28(20)18-32(3)17-23-5-4-6-26(30)13-23/h4-14,20-21,28,34H,16-19H2,1-3H3/t20-,21-,28-/m1/s1. The van der Waals surface area contributed by atoms with Gasteiger partial charge in [-0.15, -0.1) is 0 Å². The number of ether oxygens (including phenoxy) is 1. The summed E-state index contributed by atoms with van der Waals surface area (Å²) in [5.41, 5.74) is 2.93. The molecule has 3 aromatic rings. The number of rotatable bonds is 7. The lowest BCUT2D eigenvalue weighted by atomic mass is 10.0. The molecule has 0 aliphatic carbocycles. The molecule has 200 valence electrons. The van der Waals surface area contributed by atoms with Gasteiger partial charge in [0.15, 0.2) is 0 Å². The Labute approximate surface area is 223 Å². The van der Waals surface area contributed by atoms with E-state index in [1.165, 1.54) is 16.4 Å². The third kappa shape index (κ3) is 6.05. The lowest BCUT2D eigenvalue weighted by molar-refractivity contribution is 0.0734. The van der Waals surface area contributed by atoms with Crippen LogP contribution in [0.3, 0.4) is 0 Å². The largest absolute Gasteiger partial charge is 0.487 e. The molecule has 1 N–H and O–H groups in total. The third-order valence-electron chi connectivity index (χ3n) is 6.85. The van der Waals surface area contributed by atoms with E-state index in [0.717, 1.165) is 16.7 Å². The highest BCUT2D eigenvalue weighted by Crippen LogP contribution is 2.36. The van der Waals surface area contributed by atoms with Crippen molar-refractivity contribution in [3.63, 3.8) is 0 Å². The van der Waals surface area contributed by atoms with E-state index in [4.69, 9.17) is 10.00 Å². The van der Waals surface area contributed by atoms with Gasteiger partial charge in [-0.2, -0.15) is 9.57 Å². The minimum absolute atomic E-state index is 0.0416. The summed E-state index contributed by atoms with van der Waals surface area (Å²) in [7, 11) is -2.04. The molecule has 0 bridgehead atoms. The van der Waals surface area contributed by atoms with Crippen LogP contribution in [-0.4, -0.2) is 61.6 Å². The molecule has 4 rings (SSSR count). The first kappa shape index (κ1) is 27.7. The van der Waals surface area contributed by atoms with Crippen LogP contribution >= 0.6 is 0 Å². The second-order valence-corrected chi connectivity index (χ2v) is 11.8. The van der Waals surface area contributed by atoms with Crippen LogP contribution in [0.1, 0.15) is 25.0 Å². The molecule has 7 nitrogen and oxygen atoms in total. The Balaban J connectivity index is 1.72. The van der Waals surface area contributed by atoms with Gasteiger partial charge in [0.2, 0.25) is 10.0 Å². The van der Waals surface area contributed by atoms with Crippen molar-refractivity contribution >= 4 is 10.0 Å². The fraction of sp³-hybridized carbons (Fsp3) is 0.345. The van der Waals surface area contributed by atoms with Crippen LogP contribution in [0.25, 0.3) is 11.1 Å². The number of halogens is 1. The third-order valence-corrected chi connectivity index (χ3v) is 8.87. The Hall–Kier alpha value is -3.29. The van der Waals surface area contributed by atoms with Crippen LogP contribution in [0, 0.1) is 23.1 Å². The lowest BCUT2D eigenvalue weighted by Gasteiger charge is -2.37. The van der Waals surface area contributed by atoms with Gasteiger partial charge in [-0.25, -0.2) is 12.8 Å². The normalized spacial score (nSPS) is 20.0. The summed E-state index contributed by atoms with van der Waals surface area (Å²) >= 11 is 0. The highest BCUT2D eigenvalue weighted by molar-refractivity contribution is 7.89. The summed E-state index contributed by atoms with van der Waals surface area (Å²) < 4.78 is 48.9. The van der Waals surface area contributed by atoms with Crippen LogP contribution in [0.2, 0.25) is 0 Å². The predicted molar refractivity (Wildman–Crippen MR) is 143 cm³/mol. The average molecular weight is 538 g/mol. The number of fused-ring (bicyclic) bond motifs is 1. The van der Waals surface area contributed by atoms with Gasteiger partial charge >= 0.3 is 0 Å². The van der Waals surface area contributed by atoms with Gasteiger partial charge < -0.3 is 9.84 Å². The number of sulfonamides is 1. The molecular formula is C29H32FN3O4S. The van der Waals surface area contributed by atoms with E-state index in [0.29, 0.717) is 18.7 Å². The molecule has 1 aliphatic rings. The number of hydrogen-bond acceptors (Lipinski definition) is 6. The minimum Gasteiger partial charge on any atom is -0.487 e.